The SMILES string of the molecule is CCOc1ccc(N2C(=O)[C@@H]3N=NN(Cc4nc(-c5ccccc5)no4)[C@H]3C2=O)cc1. The summed E-state index contributed by atoms with van der Waals surface area (Å²) >= 11 is 0. The Hall–Kier alpha value is -4.08. The van der Waals surface area contributed by atoms with Crippen molar-refractivity contribution in [2.45, 2.75) is 25.6 Å². The lowest BCUT2D eigenvalue weighted by molar-refractivity contribution is -0.123. The summed E-state index contributed by atoms with van der Waals surface area (Å²) in [5.74, 6) is 0.566. The molecule has 0 aliphatic carbocycles. The van der Waals surface area contributed by atoms with Crippen LogP contribution in [0.3, 0.4) is 0 Å². The Morgan fingerprint density at radius 1 is 1.03 bits per heavy atom. The van der Waals surface area contributed by atoms with E-state index in [0.29, 0.717) is 23.9 Å². The first kappa shape index (κ1) is 18.9. The molecule has 0 N–H and O–H groups in total. The first-order valence-corrected chi connectivity index (χ1v) is 9.82. The molecule has 1 fully saturated rings. The number of anilines is 1. The van der Waals surface area contributed by atoms with Gasteiger partial charge in [-0.05, 0) is 31.2 Å². The summed E-state index contributed by atoms with van der Waals surface area (Å²) in [7, 11) is 0. The van der Waals surface area contributed by atoms with E-state index in [-0.39, 0.29) is 12.4 Å². The molecule has 0 bridgehead atoms. The second-order valence-corrected chi connectivity index (χ2v) is 7.01. The molecule has 2 aliphatic rings. The molecule has 0 spiro atoms. The van der Waals surface area contributed by atoms with Gasteiger partial charge in [0.2, 0.25) is 11.7 Å². The molecule has 2 aromatic carbocycles. The summed E-state index contributed by atoms with van der Waals surface area (Å²) in [6.07, 6.45) is 0. The predicted octanol–water partition coefficient (Wildman–Crippen LogP) is 2.63. The van der Waals surface area contributed by atoms with Crippen molar-refractivity contribution in [2.24, 2.45) is 10.3 Å². The zero-order valence-electron chi connectivity index (χ0n) is 16.6. The van der Waals surface area contributed by atoms with Crippen molar-refractivity contribution in [2.75, 3.05) is 11.5 Å². The number of carbonyl (C=O) groups excluding carboxylic acids is 2. The zero-order chi connectivity index (χ0) is 21.4. The second-order valence-electron chi connectivity index (χ2n) is 7.01. The molecule has 10 heteroatoms. The molecule has 0 radical (unpaired) electrons. The van der Waals surface area contributed by atoms with Crippen molar-refractivity contribution in [1.29, 1.82) is 0 Å². The maximum atomic E-state index is 13.1. The van der Waals surface area contributed by atoms with Crippen molar-refractivity contribution in [1.82, 2.24) is 15.1 Å². The first-order chi connectivity index (χ1) is 15.2. The van der Waals surface area contributed by atoms with E-state index < -0.39 is 23.9 Å². The fourth-order valence-corrected chi connectivity index (χ4v) is 3.63. The lowest BCUT2D eigenvalue weighted by Crippen LogP contribution is -2.39. The Morgan fingerprint density at radius 2 is 1.81 bits per heavy atom. The average molecular weight is 418 g/mol. The van der Waals surface area contributed by atoms with Gasteiger partial charge in [0, 0.05) is 5.56 Å². The number of nitrogens with zero attached hydrogens (tertiary/aromatic N) is 6. The fourth-order valence-electron chi connectivity index (χ4n) is 3.63. The first-order valence-electron chi connectivity index (χ1n) is 9.82. The number of imide groups is 1. The van der Waals surface area contributed by atoms with Crippen LogP contribution >= 0.6 is 0 Å². The number of benzene rings is 2. The van der Waals surface area contributed by atoms with Gasteiger partial charge >= 0.3 is 0 Å². The molecule has 3 heterocycles. The second kappa shape index (κ2) is 7.63. The van der Waals surface area contributed by atoms with E-state index >= 15 is 0 Å². The van der Waals surface area contributed by atoms with E-state index in [9.17, 15) is 9.59 Å². The Bertz CT molecular complexity index is 1140. The zero-order valence-corrected chi connectivity index (χ0v) is 16.6. The smallest absolute Gasteiger partial charge is 0.263 e. The maximum absolute atomic E-state index is 13.1. The summed E-state index contributed by atoms with van der Waals surface area (Å²) in [5.41, 5.74) is 1.28. The lowest BCUT2D eigenvalue weighted by atomic mass is 10.1. The van der Waals surface area contributed by atoms with Gasteiger partial charge in [-0.2, -0.15) is 10.1 Å². The Labute approximate surface area is 177 Å². The molecule has 0 saturated carbocycles. The molecule has 3 aromatic rings. The molecule has 1 saturated heterocycles. The normalized spacial score (nSPS) is 19.9. The van der Waals surface area contributed by atoms with Gasteiger partial charge in [0.25, 0.3) is 11.8 Å². The van der Waals surface area contributed by atoms with E-state index in [2.05, 4.69) is 20.5 Å². The van der Waals surface area contributed by atoms with Gasteiger partial charge in [0.15, 0.2) is 12.1 Å². The highest BCUT2D eigenvalue weighted by Gasteiger charge is 2.55. The third-order valence-electron chi connectivity index (χ3n) is 5.06. The molecule has 31 heavy (non-hydrogen) atoms. The minimum Gasteiger partial charge on any atom is -0.494 e. The van der Waals surface area contributed by atoms with Crippen LogP contribution in [0.1, 0.15) is 12.8 Å². The Kier molecular flexibility index (Phi) is 4.66. The number of ether oxygens (including phenoxy) is 1. The molecule has 0 unspecified atom stereocenters. The van der Waals surface area contributed by atoms with Gasteiger partial charge in [0.1, 0.15) is 12.3 Å². The van der Waals surface area contributed by atoms with Crippen LogP contribution in [0.5, 0.6) is 5.75 Å². The molecule has 2 aliphatic heterocycles. The lowest BCUT2D eigenvalue weighted by Gasteiger charge is -2.19. The number of hydrogen-bond donors (Lipinski definition) is 0. The highest BCUT2D eigenvalue weighted by molar-refractivity contribution is 6.25. The number of amides is 2. The molecule has 1 aromatic heterocycles. The number of carbonyl (C=O) groups is 2. The van der Waals surface area contributed by atoms with Crippen LogP contribution in [0.25, 0.3) is 11.4 Å². The van der Waals surface area contributed by atoms with E-state index in [0.717, 1.165) is 10.5 Å². The van der Waals surface area contributed by atoms with E-state index in [1.54, 1.807) is 24.3 Å². The third-order valence-corrected chi connectivity index (χ3v) is 5.06. The summed E-state index contributed by atoms with van der Waals surface area (Å²) < 4.78 is 10.7. The average Bonchev–Trinajstić information content (AvgIpc) is 3.48. The van der Waals surface area contributed by atoms with Crippen molar-refractivity contribution in [3.05, 3.63) is 60.5 Å². The summed E-state index contributed by atoms with van der Waals surface area (Å²) in [4.78, 5) is 31.4. The molecule has 10 nitrogen and oxygen atoms in total. The molecular formula is C21H18N6O4. The molecule has 2 atom stereocenters. The number of rotatable bonds is 6. The monoisotopic (exact) mass is 418 g/mol. The van der Waals surface area contributed by atoms with Crippen LogP contribution in [0.4, 0.5) is 5.69 Å². The molecule has 5 rings (SSSR count). The predicted molar refractivity (Wildman–Crippen MR) is 108 cm³/mol. The summed E-state index contributed by atoms with van der Waals surface area (Å²) in [5, 5.41) is 13.4. The standard InChI is InChI=1S/C21H18N6O4/c1-2-30-15-10-8-14(9-11-15)27-20(28)17-18(21(27)29)26(25-23-17)12-16-22-19(24-31-16)13-6-4-3-5-7-13/h3-11,17-18H,2,12H2,1H3/t17-,18-/m1/s1. The van der Waals surface area contributed by atoms with E-state index in [1.165, 1.54) is 5.01 Å². The van der Waals surface area contributed by atoms with Crippen LogP contribution in [-0.4, -0.2) is 45.7 Å². The summed E-state index contributed by atoms with van der Waals surface area (Å²) in [6.45, 7) is 2.48. The van der Waals surface area contributed by atoms with Gasteiger partial charge in [0.05, 0.1) is 12.3 Å². The van der Waals surface area contributed by atoms with Crippen molar-refractivity contribution in [3.8, 4) is 17.1 Å². The van der Waals surface area contributed by atoms with Crippen molar-refractivity contribution < 1.29 is 18.8 Å². The minimum atomic E-state index is -0.893. The minimum absolute atomic E-state index is 0.0701. The van der Waals surface area contributed by atoms with Crippen LogP contribution in [0.15, 0.2) is 69.5 Å². The van der Waals surface area contributed by atoms with E-state index in [4.69, 9.17) is 9.26 Å². The van der Waals surface area contributed by atoms with E-state index in [1.807, 2.05) is 37.3 Å². The third kappa shape index (κ3) is 3.31. The molecule has 156 valence electrons. The maximum Gasteiger partial charge on any atom is 0.263 e. The summed E-state index contributed by atoms with van der Waals surface area (Å²) in [6, 6.07) is 14.4. The molecular weight excluding hydrogens is 400 g/mol. The largest absolute Gasteiger partial charge is 0.494 e. The van der Waals surface area contributed by atoms with Gasteiger partial charge < -0.3 is 9.26 Å². The number of aromatic nitrogens is 2. The Morgan fingerprint density at radius 3 is 2.55 bits per heavy atom. The number of hydrogen-bond acceptors (Lipinski definition) is 9. The number of fused-ring (bicyclic) bond motifs is 1. The van der Waals surface area contributed by atoms with Gasteiger partial charge in [-0.1, -0.05) is 40.7 Å². The van der Waals surface area contributed by atoms with Crippen LogP contribution in [0, 0.1) is 0 Å². The van der Waals surface area contributed by atoms with Crippen LogP contribution < -0.4 is 9.64 Å². The highest BCUT2D eigenvalue weighted by atomic mass is 16.5. The van der Waals surface area contributed by atoms with Gasteiger partial charge in [-0.15, -0.1) is 0 Å². The quantitative estimate of drug-likeness (QED) is 0.565. The van der Waals surface area contributed by atoms with Gasteiger partial charge in [-0.25, -0.2) is 4.90 Å². The molecule has 2 amide bonds. The van der Waals surface area contributed by atoms with Crippen LogP contribution in [-0.2, 0) is 16.1 Å². The van der Waals surface area contributed by atoms with Crippen LogP contribution in [0.2, 0.25) is 0 Å². The highest BCUT2D eigenvalue weighted by Crippen LogP contribution is 2.33. The Balaban J connectivity index is 1.34. The van der Waals surface area contributed by atoms with Crippen molar-refractivity contribution in [3.63, 3.8) is 0 Å². The topological polar surface area (TPSA) is 113 Å². The van der Waals surface area contributed by atoms with Crippen molar-refractivity contribution >= 4 is 17.5 Å². The van der Waals surface area contributed by atoms with Gasteiger partial charge in [-0.3, -0.25) is 14.6 Å². The fraction of sp³-hybridized carbons (Fsp3) is 0.238.